The number of hydrogen-bond donors (Lipinski definition) is 1. The Labute approximate surface area is 131 Å². The van der Waals surface area contributed by atoms with Crippen LogP contribution in [0.25, 0.3) is 0 Å². The molecule has 1 fully saturated rings. The van der Waals surface area contributed by atoms with Crippen molar-refractivity contribution in [3.63, 3.8) is 0 Å². The molecule has 3 rings (SSSR count). The van der Waals surface area contributed by atoms with E-state index >= 15 is 0 Å². The maximum Gasteiger partial charge on any atom is 0.253 e. The number of nitrogens with zero attached hydrogens (tertiary/aromatic N) is 2. The number of hydrogen-bond acceptors (Lipinski definition) is 3. The maximum atomic E-state index is 12.6. The molecule has 0 radical (unpaired) electrons. The lowest BCUT2D eigenvalue weighted by Crippen LogP contribution is -2.46. The molecule has 1 aromatic rings. The number of carbonyl (C=O) groups excluding carboxylic acids is 2. The number of likely N-dealkylation sites (tertiary alicyclic amines) is 1. The van der Waals surface area contributed by atoms with Gasteiger partial charge in [0.05, 0.1) is 5.41 Å². The summed E-state index contributed by atoms with van der Waals surface area (Å²) in [6.45, 7) is 5.02. The molecule has 22 heavy (non-hydrogen) atoms. The zero-order valence-electron chi connectivity index (χ0n) is 13.5. The standard InChI is InChI=1S/C17H23N3O2/c1-4-20-9-7-17(8-10-20)13-11-12(15(21)19(2)3)5-6-14(13)18-16(17)22/h5-6,11H,4,7-10H2,1-3H3,(H,18,22). The largest absolute Gasteiger partial charge is 0.345 e. The molecule has 0 bridgehead atoms. The van der Waals surface area contributed by atoms with E-state index in [0.29, 0.717) is 5.56 Å². The van der Waals surface area contributed by atoms with Crippen molar-refractivity contribution in [3.8, 4) is 0 Å². The average molecular weight is 301 g/mol. The molecule has 0 atom stereocenters. The molecular formula is C17H23N3O2. The first-order valence-corrected chi connectivity index (χ1v) is 7.88. The lowest BCUT2D eigenvalue weighted by Gasteiger charge is -2.37. The predicted octanol–water partition coefficient (Wildman–Crippen LogP) is 1.69. The fraction of sp³-hybridized carbons (Fsp3) is 0.529. The van der Waals surface area contributed by atoms with E-state index in [1.54, 1.807) is 25.1 Å². The maximum absolute atomic E-state index is 12.6. The van der Waals surface area contributed by atoms with Crippen molar-refractivity contribution < 1.29 is 9.59 Å². The van der Waals surface area contributed by atoms with Crippen molar-refractivity contribution >= 4 is 17.5 Å². The summed E-state index contributed by atoms with van der Waals surface area (Å²) in [6.07, 6.45) is 1.64. The molecule has 0 saturated carbocycles. The molecule has 2 aliphatic rings. The van der Waals surface area contributed by atoms with Crippen LogP contribution in [0.1, 0.15) is 35.7 Å². The van der Waals surface area contributed by atoms with Crippen LogP contribution in [0, 0.1) is 0 Å². The van der Waals surface area contributed by atoms with E-state index in [1.165, 1.54) is 0 Å². The number of anilines is 1. The molecule has 1 aromatic carbocycles. The summed E-state index contributed by atoms with van der Waals surface area (Å²) in [6, 6.07) is 5.57. The number of amides is 2. The Morgan fingerprint density at radius 2 is 2.00 bits per heavy atom. The van der Waals surface area contributed by atoms with E-state index in [0.717, 1.165) is 43.7 Å². The molecule has 1 spiro atoms. The zero-order valence-corrected chi connectivity index (χ0v) is 13.5. The van der Waals surface area contributed by atoms with Gasteiger partial charge in [-0.15, -0.1) is 0 Å². The molecule has 5 nitrogen and oxygen atoms in total. The Morgan fingerprint density at radius 1 is 1.32 bits per heavy atom. The van der Waals surface area contributed by atoms with Crippen LogP contribution in [-0.4, -0.2) is 55.3 Å². The smallest absolute Gasteiger partial charge is 0.253 e. The summed E-state index contributed by atoms with van der Waals surface area (Å²) >= 11 is 0. The summed E-state index contributed by atoms with van der Waals surface area (Å²) < 4.78 is 0. The molecule has 0 aromatic heterocycles. The lowest BCUT2D eigenvalue weighted by molar-refractivity contribution is -0.122. The van der Waals surface area contributed by atoms with Crippen LogP contribution in [0.15, 0.2) is 18.2 Å². The van der Waals surface area contributed by atoms with E-state index < -0.39 is 5.41 Å². The van der Waals surface area contributed by atoms with Gasteiger partial charge in [-0.3, -0.25) is 9.59 Å². The third-order valence-corrected chi connectivity index (χ3v) is 5.03. The molecule has 2 amide bonds. The summed E-state index contributed by atoms with van der Waals surface area (Å²) in [4.78, 5) is 28.7. The van der Waals surface area contributed by atoms with Crippen LogP contribution in [0.5, 0.6) is 0 Å². The topological polar surface area (TPSA) is 52.7 Å². The Morgan fingerprint density at radius 3 is 2.59 bits per heavy atom. The first-order chi connectivity index (χ1) is 10.5. The van der Waals surface area contributed by atoms with Gasteiger partial charge >= 0.3 is 0 Å². The van der Waals surface area contributed by atoms with E-state index in [-0.39, 0.29) is 11.8 Å². The summed E-state index contributed by atoms with van der Waals surface area (Å²) in [7, 11) is 3.49. The van der Waals surface area contributed by atoms with Gasteiger partial charge in [-0.25, -0.2) is 0 Å². The van der Waals surface area contributed by atoms with Crippen LogP contribution in [-0.2, 0) is 10.2 Å². The summed E-state index contributed by atoms with van der Waals surface area (Å²) in [5, 5.41) is 3.00. The van der Waals surface area contributed by atoms with Gasteiger partial charge in [-0.1, -0.05) is 6.92 Å². The first kappa shape index (κ1) is 15.0. The third-order valence-electron chi connectivity index (χ3n) is 5.03. The number of nitrogens with one attached hydrogen (secondary N) is 1. The summed E-state index contributed by atoms with van der Waals surface area (Å²) in [5.74, 6) is 0.0657. The second kappa shape index (κ2) is 5.39. The molecule has 118 valence electrons. The highest BCUT2D eigenvalue weighted by molar-refractivity contribution is 6.07. The van der Waals surface area contributed by atoms with Crippen molar-refractivity contribution in [2.45, 2.75) is 25.2 Å². The Balaban J connectivity index is 1.98. The molecule has 2 aliphatic heterocycles. The van der Waals surface area contributed by atoms with Crippen LogP contribution in [0.3, 0.4) is 0 Å². The molecular weight excluding hydrogens is 278 g/mol. The summed E-state index contributed by atoms with van der Waals surface area (Å²) in [5.41, 5.74) is 2.06. The van der Waals surface area contributed by atoms with Crippen molar-refractivity contribution in [2.24, 2.45) is 0 Å². The highest BCUT2D eigenvalue weighted by Gasteiger charge is 2.48. The van der Waals surface area contributed by atoms with Gasteiger partial charge in [0.25, 0.3) is 5.91 Å². The average Bonchev–Trinajstić information content (AvgIpc) is 2.79. The van der Waals surface area contributed by atoms with Gasteiger partial charge in [0.1, 0.15) is 0 Å². The van der Waals surface area contributed by atoms with E-state index in [2.05, 4.69) is 17.1 Å². The normalized spacial score (nSPS) is 19.9. The van der Waals surface area contributed by atoms with Crippen molar-refractivity contribution in [1.29, 1.82) is 0 Å². The van der Waals surface area contributed by atoms with Gasteiger partial charge in [-0.2, -0.15) is 0 Å². The van der Waals surface area contributed by atoms with Gasteiger partial charge in [0, 0.05) is 25.3 Å². The fourth-order valence-electron chi connectivity index (χ4n) is 3.55. The minimum atomic E-state index is -0.455. The monoisotopic (exact) mass is 301 g/mol. The molecule has 5 heteroatoms. The first-order valence-electron chi connectivity index (χ1n) is 7.88. The van der Waals surface area contributed by atoms with Crippen molar-refractivity contribution in [1.82, 2.24) is 9.80 Å². The number of rotatable bonds is 2. The van der Waals surface area contributed by atoms with Crippen LogP contribution in [0.2, 0.25) is 0 Å². The number of benzene rings is 1. The third kappa shape index (κ3) is 2.20. The van der Waals surface area contributed by atoms with Gasteiger partial charge in [-0.05, 0) is 56.2 Å². The van der Waals surface area contributed by atoms with E-state index in [1.807, 2.05) is 12.1 Å². The second-order valence-corrected chi connectivity index (χ2v) is 6.43. The van der Waals surface area contributed by atoms with Crippen LogP contribution >= 0.6 is 0 Å². The number of piperidine rings is 1. The van der Waals surface area contributed by atoms with E-state index in [4.69, 9.17) is 0 Å². The lowest BCUT2D eigenvalue weighted by atomic mass is 9.73. The fourth-order valence-corrected chi connectivity index (χ4v) is 3.55. The Bertz CT molecular complexity index is 616. The SMILES string of the molecule is CCN1CCC2(CC1)C(=O)Nc1ccc(C(=O)N(C)C)cc12. The molecule has 0 unspecified atom stereocenters. The highest BCUT2D eigenvalue weighted by Crippen LogP contribution is 2.45. The van der Waals surface area contributed by atoms with Crippen LogP contribution in [0.4, 0.5) is 5.69 Å². The molecule has 1 N–H and O–H groups in total. The minimum absolute atomic E-state index is 0.0247. The quantitative estimate of drug-likeness (QED) is 0.904. The van der Waals surface area contributed by atoms with Crippen LogP contribution < -0.4 is 5.32 Å². The Kier molecular flexibility index (Phi) is 3.68. The molecule has 1 saturated heterocycles. The molecule has 0 aliphatic carbocycles. The highest BCUT2D eigenvalue weighted by atomic mass is 16.2. The molecule has 2 heterocycles. The van der Waals surface area contributed by atoms with Gasteiger partial charge in [0.15, 0.2) is 0 Å². The number of carbonyl (C=O) groups is 2. The van der Waals surface area contributed by atoms with Gasteiger partial charge in [0.2, 0.25) is 5.91 Å². The Hall–Kier alpha value is -1.88. The van der Waals surface area contributed by atoms with Gasteiger partial charge < -0.3 is 15.1 Å². The number of fused-ring (bicyclic) bond motifs is 2. The zero-order chi connectivity index (χ0) is 15.9. The van der Waals surface area contributed by atoms with Crippen molar-refractivity contribution in [3.05, 3.63) is 29.3 Å². The minimum Gasteiger partial charge on any atom is -0.345 e. The van der Waals surface area contributed by atoms with E-state index in [9.17, 15) is 9.59 Å². The van der Waals surface area contributed by atoms with Crippen molar-refractivity contribution in [2.75, 3.05) is 39.0 Å². The predicted molar refractivity (Wildman–Crippen MR) is 86.1 cm³/mol. The second-order valence-electron chi connectivity index (χ2n) is 6.43.